The summed E-state index contributed by atoms with van der Waals surface area (Å²) in [6, 6.07) is 3.58. The minimum Gasteiger partial charge on any atom is -0.481 e. The van der Waals surface area contributed by atoms with Crippen LogP contribution in [0.3, 0.4) is 0 Å². The van der Waals surface area contributed by atoms with Gasteiger partial charge in [0.1, 0.15) is 0 Å². The lowest BCUT2D eigenvalue weighted by molar-refractivity contribution is -0.180. The minimum absolute atomic E-state index is 0.0841. The molecule has 0 aliphatic rings. The molecule has 0 bridgehead atoms. The molecular weight excluding hydrogens is 271 g/mol. The van der Waals surface area contributed by atoms with Crippen molar-refractivity contribution in [2.75, 3.05) is 0 Å². The molecule has 0 aromatic heterocycles. The first kappa shape index (κ1) is 16.5. The van der Waals surface area contributed by atoms with E-state index in [2.05, 4.69) is 0 Å². The first-order chi connectivity index (χ1) is 8.95. The van der Waals surface area contributed by atoms with E-state index in [9.17, 15) is 18.0 Å². The number of aliphatic carboxylic acids is 1. The molecule has 0 fully saturated rings. The number of carboxylic acid groups (broad SMARTS) is 1. The zero-order chi connectivity index (χ0) is 15.7. The molecule has 0 amide bonds. The van der Waals surface area contributed by atoms with Gasteiger partial charge in [0.2, 0.25) is 0 Å². The van der Waals surface area contributed by atoms with Crippen LogP contribution in [-0.4, -0.2) is 17.3 Å². The van der Waals surface area contributed by atoms with E-state index in [0.29, 0.717) is 11.1 Å². The fourth-order valence-electron chi connectivity index (χ4n) is 1.86. The second kappa shape index (κ2) is 5.44. The summed E-state index contributed by atoms with van der Waals surface area (Å²) in [5.41, 5.74) is 4.81. The summed E-state index contributed by atoms with van der Waals surface area (Å²) in [5.74, 6) is -1.09. The van der Waals surface area contributed by atoms with Crippen molar-refractivity contribution in [1.82, 2.24) is 0 Å². The largest absolute Gasteiger partial charge is 0.481 e. The maximum absolute atomic E-state index is 13.1. The predicted octanol–water partition coefficient (Wildman–Crippen LogP) is 3.31. The SMILES string of the molecule is Cc1cc([C@@H](N)CC(=O)O)cc(C(C)(C)C(F)(F)F)c1. The average molecular weight is 289 g/mol. The van der Waals surface area contributed by atoms with Crippen molar-refractivity contribution in [3.63, 3.8) is 0 Å². The van der Waals surface area contributed by atoms with Crippen LogP contribution in [-0.2, 0) is 10.2 Å². The molecule has 20 heavy (non-hydrogen) atoms. The molecule has 0 radical (unpaired) electrons. The van der Waals surface area contributed by atoms with Crippen LogP contribution in [0.25, 0.3) is 0 Å². The lowest BCUT2D eigenvalue weighted by Gasteiger charge is -2.29. The van der Waals surface area contributed by atoms with E-state index < -0.39 is 23.6 Å². The van der Waals surface area contributed by atoms with E-state index in [0.717, 1.165) is 13.8 Å². The monoisotopic (exact) mass is 289 g/mol. The van der Waals surface area contributed by atoms with Crippen LogP contribution in [0, 0.1) is 6.92 Å². The highest BCUT2D eigenvalue weighted by molar-refractivity contribution is 5.68. The molecule has 3 N–H and O–H groups in total. The molecular formula is C14H18F3NO2. The van der Waals surface area contributed by atoms with Gasteiger partial charge in [-0.1, -0.05) is 23.8 Å². The summed E-state index contributed by atoms with van der Waals surface area (Å²) >= 11 is 0. The zero-order valence-corrected chi connectivity index (χ0v) is 11.6. The predicted molar refractivity (Wildman–Crippen MR) is 69.4 cm³/mol. The van der Waals surface area contributed by atoms with E-state index >= 15 is 0 Å². The Morgan fingerprint density at radius 3 is 2.30 bits per heavy atom. The third-order valence-electron chi connectivity index (χ3n) is 3.35. The molecule has 6 heteroatoms. The van der Waals surface area contributed by atoms with Crippen LogP contribution < -0.4 is 5.73 Å². The summed E-state index contributed by atoms with van der Waals surface area (Å²) < 4.78 is 39.2. The van der Waals surface area contributed by atoms with Crippen LogP contribution in [0.5, 0.6) is 0 Å². The molecule has 0 aliphatic carbocycles. The number of nitrogens with two attached hydrogens (primary N) is 1. The third kappa shape index (κ3) is 3.50. The van der Waals surface area contributed by atoms with Gasteiger partial charge in [0.05, 0.1) is 11.8 Å². The molecule has 3 nitrogen and oxygen atoms in total. The maximum atomic E-state index is 13.1. The van der Waals surface area contributed by atoms with Crippen LogP contribution in [0.15, 0.2) is 18.2 Å². The highest BCUT2D eigenvalue weighted by Gasteiger charge is 2.48. The average Bonchev–Trinajstić information content (AvgIpc) is 2.25. The Kier molecular flexibility index (Phi) is 4.49. The Morgan fingerprint density at radius 1 is 1.30 bits per heavy atom. The molecule has 112 valence electrons. The first-order valence-electron chi connectivity index (χ1n) is 6.11. The van der Waals surface area contributed by atoms with E-state index in [-0.39, 0.29) is 12.0 Å². The van der Waals surface area contributed by atoms with E-state index in [1.807, 2.05) is 0 Å². The van der Waals surface area contributed by atoms with Crippen molar-refractivity contribution in [3.8, 4) is 0 Å². The smallest absolute Gasteiger partial charge is 0.397 e. The standard InChI is InChI=1S/C14H18F3NO2/c1-8-4-9(11(18)7-12(19)20)6-10(5-8)13(2,3)14(15,16)17/h4-6,11H,7,18H2,1-3H3,(H,19,20)/t11-/m0/s1. The van der Waals surface area contributed by atoms with Crippen LogP contribution in [0.1, 0.15) is 43.0 Å². The number of carboxylic acids is 1. The van der Waals surface area contributed by atoms with Crippen molar-refractivity contribution in [2.45, 2.75) is 44.8 Å². The third-order valence-corrected chi connectivity index (χ3v) is 3.35. The molecule has 0 unspecified atom stereocenters. The number of halogens is 3. The molecule has 1 aromatic rings. The molecule has 0 spiro atoms. The number of aryl methyl sites for hydroxylation is 1. The summed E-state index contributed by atoms with van der Waals surface area (Å²) in [5, 5.41) is 8.71. The van der Waals surface area contributed by atoms with E-state index in [4.69, 9.17) is 10.8 Å². The Hall–Kier alpha value is -1.56. The Labute approximate surface area is 115 Å². The number of benzene rings is 1. The molecule has 0 saturated heterocycles. The fraction of sp³-hybridized carbons (Fsp3) is 0.500. The zero-order valence-electron chi connectivity index (χ0n) is 11.6. The summed E-state index contributed by atoms with van der Waals surface area (Å²) in [7, 11) is 0. The van der Waals surface area contributed by atoms with Crippen LogP contribution in [0.4, 0.5) is 13.2 Å². The van der Waals surface area contributed by atoms with Gasteiger partial charge in [0.25, 0.3) is 0 Å². The quantitative estimate of drug-likeness (QED) is 0.893. The second-order valence-electron chi connectivity index (χ2n) is 5.46. The normalized spacial score (nSPS) is 14.2. The van der Waals surface area contributed by atoms with Gasteiger partial charge < -0.3 is 10.8 Å². The number of hydrogen-bond acceptors (Lipinski definition) is 2. The van der Waals surface area contributed by atoms with Gasteiger partial charge in [0.15, 0.2) is 0 Å². The maximum Gasteiger partial charge on any atom is 0.397 e. The molecule has 0 heterocycles. The topological polar surface area (TPSA) is 63.3 Å². The number of alkyl halides is 3. The molecule has 0 saturated carbocycles. The van der Waals surface area contributed by atoms with Gasteiger partial charge in [-0.2, -0.15) is 13.2 Å². The van der Waals surface area contributed by atoms with Crippen LogP contribution >= 0.6 is 0 Å². The summed E-state index contributed by atoms with van der Waals surface area (Å²) in [4.78, 5) is 10.6. The Balaban J connectivity index is 3.25. The van der Waals surface area contributed by atoms with Crippen molar-refractivity contribution in [2.24, 2.45) is 5.73 Å². The fourth-order valence-corrected chi connectivity index (χ4v) is 1.86. The van der Waals surface area contributed by atoms with E-state index in [1.165, 1.54) is 12.1 Å². The highest BCUT2D eigenvalue weighted by atomic mass is 19.4. The Bertz CT molecular complexity index is 510. The molecule has 1 aromatic carbocycles. The van der Waals surface area contributed by atoms with Gasteiger partial charge in [-0.3, -0.25) is 4.79 Å². The van der Waals surface area contributed by atoms with Crippen LogP contribution in [0.2, 0.25) is 0 Å². The van der Waals surface area contributed by atoms with Gasteiger partial charge >= 0.3 is 12.1 Å². The molecule has 1 rings (SSSR count). The highest BCUT2D eigenvalue weighted by Crippen LogP contribution is 2.41. The number of rotatable bonds is 4. The lowest BCUT2D eigenvalue weighted by atomic mass is 9.81. The second-order valence-corrected chi connectivity index (χ2v) is 5.46. The summed E-state index contributed by atoms with van der Waals surface area (Å²) in [6.07, 6.45) is -4.72. The van der Waals surface area contributed by atoms with Gasteiger partial charge in [0, 0.05) is 6.04 Å². The summed E-state index contributed by atoms with van der Waals surface area (Å²) in [6.45, 7) is 3.84. The van der Waals surface area contributed by atoms with Crippen molar-refractivity contribution in [3.05, 3.63) is 34.9 Å². The van der Waals surface area contributed by atoms with E-state index in [1.54, 1.807) is 13.0 Å². The number of hydrogen-bond donors (Lipinski definition) is 2. The first-order valence-corrected chi connectivity index (χ1v) is 6.11. The number of carbonyl (C=O) groups is 1. The van der Waals surface area contributed by atoms with Gasteiger partial charge in [-0.05, 0) is 31.9 Å². The minimum atomic E-state index is -4.39. The van der Waals surface area contributed by atoms with Crippen molar-refractivity contribution in [1.29, 1.82) is 0 Å². The van der Waals surface area contributed by atoms with Gasteiger partial charge in [-0.25, -0.2) is 0 Å². The lowest BCUT2D eigenvalue weighted by Crippen LogP contribution is -2.36. The molecule has 0 aliphatic heterocycles. The molecule has 1 atom stereocenters. The van der Waals surface area contributed by atoms with Gasteiger partial charge in [-0.15, -0.1) is 0 Å². The Morgan fingerprint density at radius 2 is 1.85 bits per heavy atom. The van der Waals surface area contributed by atoms with Crippen molar-refractivity contribution >= 4 is 5.97 Å². The van der Waals surface area contributed by atoms with Crippen molar-refractivity contribution < 1.29 is 23.1 Å².